The van der Waals surface area contributed by atoms with Gasteiger partial charge < -0.3 is 19.9 Å². The van der Waals surface area contributed by atoms with Gasteiger partial charge in [0.15, 0.2) is 0 Å². The fraction of sp³-hybridized carbons (Fsp3) is 0.394. The second kappa shape index (κ2) is 12.5. The molecule has 204 valence electrons. The van der Waals surface area contributed by atoms with E-state index in [0.717, 1.165) is 68.1 Å². The molecule has 0 spiro atoms. The summed E-state index contributed by atoms with van der Waals surface area (Å²) >= 11 is 0. The highest BCUT2D eigenvalue weighted by atomic mass is 16.5. The number of nitrogens with zero attached hydrogens (tertiary/aromatic N) is 2. The number of amides is 2. The molecule has 0 bridgehead atoms. The van der Waals surface area contributed by atoms with Crippen LogP contribution in [0, 0.1) is 6.92 Å². The maximum atomic E-state index is 14.2. The molecule has 1 aliphatic heterocycles. The monoisotopic (exact) mass is 525 g/mol. The Morgan fingerprint density at radius 2 is 1.51 bits per heavy atom. The zero-order valence-electron chi connectivity index (χ0n) is 22.9. The molecule has 6 nitrogen and oxygen atoms in total. The lowest BCUT2D eigenvalue weighted by molar-refractivity contribution is -0.148. The van der Waals surface area contributed by atoms with Crippen LogP contribution in [0.1, 0.15) is 48.8 Å². The third kappa shape index (κ3) is 6.51. The van der Waals surface area contributed by atoms with Gasteiger partial charge in [-0.1, -0.05) is 79.4 Å². The lowest BCUT2D eigenvalue weighted by Crippen LogP contribution is -2.60. The molecular formula is C33H39N3O3. The Morgan fingerprint density at radius 1 is 0.846 bits per heavy atom. The molecule has 3 aromatic rings. The highest BCUT2D eigenvalue weighted by Gasteiger charge is 2.46. The van der Waals surface area contributed by atoms with Crippen LogP contribution in [0.5, 0.6) is 0 Å². The highest BCUT2D eigenvalue weighted by molar-refractivity contribution is 6.01. The maximum absolute atomic E-state index is 14.2. The molecule has 1 aliphatic carbocycles. The van der Waals surface area contributed by atoms with Crippen molar-refractivity contribution in [3.05, 3.63) is 95.6 Å². The molecule has 1 heterocycles. The van der Waals surface area contributed by atoms with Crippen molar-refractivity contribution in [1.82, 2.24) is 4.90 Å². The minimum absolute atomic E-state index is 0.0125. The van der Waals surface area contributed by atoms with Gasteiger partial charge in [-0.25, -0.2) is 0 Å². The van der Waals surface area contributed by atoms with Crippen LogP contribution in [-0.4, -0.2) is 48.6 Å². The number of aryl methyl sites for hydroxylation is 1. The maximum Gasteiger partial charge on any atom is 0.250 e. The molecule has 0 unspecified atom stereocenters. The molecule has 0 radical (unpaired) electrons. The van der Waals surface area contributed by atoms with Crippen molar-refractivity contribution in [2.24, 2.45) is 0 Å². The Balaban J connectivity index is 1.41. The number of benzene rings is 3. The smallest absolute Gasteiger partial charge is 0.250 e. The van der Waals surface area contributed by atoms with Crippen LogP contribution in [0.4, 0.5) is 11.4 Å². The molecule has 1 saturated heterocycles. The summed E-state index contributed by atoms with van der Waals surface area (Å²) in [6.45, 7) is 5.67. The summed E-state index contributed by atoms with van der Waals surface area (Å²) < 4.78 is 5.47. The summed E-state index contributed by atoms with van der Waals surface area (Å²) in [5, 5.41) is 3.20. The second-order valence-corrected chi connectivity index (χ2v) is 10.8. The number of carbonyl (C=O) groups is 2. The molecular weight excluding hydrogens is 486 g/mol. The third-order valence-corrected chi connectivity index (χ3v) is 8.08. The summed E-state index contributed by atoms with van der Waals surface area (Å²) in [5.74, 6) is -0.101. The second-order valence-electron chi connectivity index (χ2n) is 10.8. The average Bonchev–Trinajstić information content (AvgIpc) is 2.98. The summed E-state index contributed by atoms with van der Waals surface area (Å²) in [7, 11) is 0. The van der Waals surface area contributed by atoms with Crippen molar-refractivity contribution >= 4 is 23.2 Å². The number of anilines is 2. The first-order valence-corrected chi connectivity index (χ1v) is 14.2. The lowest BCUT2D eigenvalue weighted by Gasteiger charge is -2.45. The normalized spacial score (nSPS) is 16.9. The van der Waals surface area contributed by atoms with Crippen LogP contribution in [0.3, 0.4) is 0 Å². The van der Waals surface area contributed by atoms with Crippen molar-refractivity contribution in [3.63, 3.8) is 0 Å². The molecule has 2 amide bonds. The number of morpholine rings is 1. The first-order chi connectivity index (χ1) is 19.0. The molecule has 1 saturated carbocycles. The first kappa shape index (κ1) is 26.9. The van der Waals surface area contributed by atoms with Gasteiger partial charge >= 0.3 is 0 Å². The molecule has 3 aromatic carbocycles. The summed E-state index contributed by atoms with van der Waals surface area (Å²) in [5.41, 5.74) is 4.16. The summed E-state index contributed by atoms with van der Waals surface area (Å²) in [6.07, 6.45) is 4.53. The molecule has 6 heteroatoms. The van der Waals surface area contributed by atoms with Crippen LogP contribution in [0.25, 0.3) is 0 Å². The minimum atomic E-state index is -0.891. The van der Waals surface area contributed by atoms with Gasteiger partial charge in [0.2, 0.25) is 11.8 Å². The van der Waals surface area contributed by atoms with E-state index in [0.29, 0.717) is 19.4 Å². The Kier molecular flexibility index (Phi) is 8.62. The molecule has 5 rings (SSSR count). The van der Waals surface area contributed by atoms with E-state index in [1.54, 1.807) is 0 Å². The van der Waals surface area contributed by atoms with Crippen LogP contribution < -0.4 is 10.2 Å². The highest BCUT2D eigenvalue weighted by Crippen LogP contribution is 2.37. The van der Waals surface area contributed by atoms with Crippen LogP contribution in [0.15, 0.2) is 78.9 Å². The standard InChI is InChI=1S/C33H39N3O3/c1-26-10-12-28(13-11-26)25-36(31(37)24-27-8-4-2-5-9-27)33(18-6-3-7-19-33)32(38)34-29-14-16-30(17-15-29)35-20-22-39-23-21-35/h2,4-5,8-17H,3,6-7,18-25H2,1H3,(H,34,38). The van der Waals surface area contributed by atoms with Gasteiger partial charge in [-0.2, -0.15) is 0 Å². The van der Waals surface area contributed by atoms with Crippen LogP contribution in [0.2, 0.25) is 0 Å². The SMILES string of the molecule is Cc1ccc(CN(C(=O)Cc2ccccc2)C2(C(=O)Nc3ccc(N4CCOCC4)cc3)CCCCC2)cc1. The quantitative estimate of drug-likeness (QED) is 0.407. The average molecular weight is 526 g/mol. The van der Waals surface area contributed by atoms with Crippen LogP contribution >= 0.6 is 0 Å². The number of hydrogen-bond acceptors (Lipinski definition) is 4. The molecule has 0 aromatic heterocycles. The number of rotatable bonds is 8. The third-order valence-electron chi connectivity index (χ3n) is 8.08. The van der Waals surface area contributed by atoms with Gasteiger partial charge in [0.1, 0.15) is 5.54 Å². The van der Waals surface area contributed by atoms with E-state index >= 15 is 0 Å². The molecule has 0 atom stereocenters. The summed E-state index contributed by atoms with van der Waals surface area (Å²) in [4.78, 5) is 32.4. The Hall–Kier alpha value is -3.64. The van der Waals surface area contributed by atoms with Gasteiger partial charge in [-0.05, 0) is 55.2 Å². The molecule has 2 fully saturated rings. The van der Waals surface area contributed by atoms with Crippen molar-refractivity contribution in [2.75, 3.05) is 36.5 Å². The van der Waals surface area contributed by atoms with E-state index < -0.39 is 5.54 Å². The Bertz CT molecular complexity index is 1230. The van der Waals surface area contributed by atoms with E-state index in [4.69, 9.17) is 4.74 Å². The van der Waals surface area contributed by atoms with Gasteiger partial charge in [0.25, 0.3) is 0 Å². The van der Waals surface area contributed by atoms with E-state index in [1.807, 2.05) is 47.4 Å². The Morgan fingerprint density at radius 3 is 2.18 bits per heavy atom. The van der Waals surface area contributed by atoms with Gasteiger partial charge in [0.05, 0.1) is 19.6 Å². The topological polar surface area (TPSA) is 61.9 Å². The molecule has 2 aliphatic rings. The van der Waals surface area contributed by atoms with Crippen molar-refractivity contribution in [2.45, 2.75) is 57.5 Å². The van der Waals surface area contributed by atoms with E-state index in [2.05, 4.69) is 53.5 Å². The van der Waals surface area contributed by atoms with Crippen molar-refractivity contribution in [3.8, 4) is 0 Å². The van der Waals surface area contributed by atoms with Crippen molar-refractivity contribution in [1.29, 1.82) is 0 Å². The number of ether oxygens (including phenoxy) is 1. The fourth-order valence-electron chi connectivity index (χ4n) is 5.80. The largest absolute Gasteiger partial charge is 0.378 e. The molecule has 39 heavy (non-hydrogen) atoms. The zero-order valence-corrected chi connectivity index (χ0v) is 22.9. The van der Waals surface area contributed by atoms with Crippen LogP contribution in [-0.2, 0) is 27.3 Å². The number of carbonyl (C=O) groups excluding carboxylic acids is 2. The molecule has 1 N–H and O–H groups in total. The lowest BCUT2D eigenvalue weighted by atomic mass is 9.78. The number of hydrogen-bond donors (Lipinski definition) is 1. The summed E-state index contributed by atoms with van der Waals surface area (Å²) in [6, 6.07) is 26.1. The predicted molar refractivity (Wildman–Crippen MR) is 156 cm³/mol. The van der Waals surface area contributed by atoms with Gasteiger partial charge in [-0.15, -0.1) is 0 Å². The Labute approximate surface area is 232 Å². The van der Waals surface area contributed by atoms with Crippen molar-refractivity contribution < 1.29 is 14.3 Å². The van der Waals surface area contributed by atoms with Gasteiger partial charge in [0, 0.05) is 31.0 Å². The fourth-order valence-corrected chi connectivity index (χ4v) is 5.80. The minimum Gasteiger partial charge on any atom is -0.378 e. The van der Waals surface area contributed by atoms with E-state index in [-0.39, 0.29) is 18.2 Å². The number of nitrogens with one attached hydrogen (secondary N) is 1. The zero-order chi connectivity index (χ0) is 27.1. The first-order valence-electron chi connectivity index (χ1n) is 14.2. The van der Waals surface area contributed by atoms with E-state index in [1.165, 1.54) is 5.56 Å². The van der Waals surface area contributed by atoms with E-state index in [9.17, 15) is 9.59 Å². The predicted octanol–water partition coefficient (Wildman–Crippen LogP) is 5.74. The van der Waals surface area contributed by atoms with Gasteiger partial charge in [-0.3, -0.25) is 9.59 Å².